The lowest BCUT2D eigenvalue weighted by atomic mass is 9.78. The third-order valence-corrected chi connectivity index (χ3v) is 10.7. The van der Waals surface area contributed by atoms with Crippen molar-refractivity contribution in [2.75, 3.05) is 75.2 Å². The third-order valence-electron chi connectivity index (χ3n) is 9.11. The van der Waals surface area contributed by atoms with Crippen LogP contribution >= 0.6 is 23.1 Å². The van der Waals surface area contributed by atoms with Crippen LogP contribution in [0.5, 0.6) is 0 Å². The molecule has 3 fully saturated rings. The smallest absolute Gasteiger partial charge is 0.150 e. The first-order valence-corrected chi connectivity index (χ1v) is 16.0. The molecule has 2 atom stereocenters. The normalized spacial score (nSPS) is 24.0. The maximum atomic E-state index is 4.81. The molecule has 1 saturated carbocycles. The molecule has 200 valence electrons. The van der Waals surface area contributed by atoms with E-state index in [4.69, 9.17) is 8.75 Å². The van der Waals surface area contributed by atoms with Crippen molar-refractivity contribution in [3.63, 3.8) is 0 Å². The number of aromatic nitrogens is 2. The molecule has 4 aromatic rings. The van der Waals surface area contributed by atoms with E-state index in [0.29, 0.717) is 0 Å². The molecule has 2 aliphatic heterocycles. The first-order valence-electron chi connectivity index (χ1n) is 14.5. The van der Waals surface area contributed by atoms with Crippen molar-refractivity contribution >= 4 is 54.9 Å². The minimum atomic E-state index is 0.843. The van der Waals surface area contributed by atoms with Gasteiger partial charge in [0.15, 0.2) is 0 Å². The van der Waals surface area contributed by atoms with E-state index in [1.807, 2.05) is 0 Å². The largest absolute Gasteiger partial charge is 0.353 e. The van der Waals surface area contributed by atoms with Crippen LogP contribution in [0.25, 0.3) is 20.2 Å². The van der Waals surface area contributed by atoms with Crippen LogP contribution in [0, 0.1) is 11.8 Å². The van der Waals surface area contributed by atoms with Gasteiger partial charge < -0.3 is 9.80 Å². The number of hydrogen-bond acceptors (Lipinski definition) is 8. The first-order chi connectivity index (χ1) is 18.8. The van der Waals surface area contributed by atoms with E-state index in [2.05, 4.69) is 68.1 Å². The van der Waals surface area contributed by atoms with Crippen molar-refractivity contribution in [2.45, 2.75) is 25.7 Å². The van der Waals surface area contributed by atoms with Crippen LogP contribution in [0.4, 0.5) is 11.6 Å². The molecular weight excluding hydrogens is 509 g/mol. The summed E-state index contributed by atoms with van der Waals surface area (Å²) >= 11 is 3.27. The monoisotopic (exact) mass is 546 g/mol. The number of rotatable bonds is 6. The minimum Gasteiger partial charge on any atom is -0.353 e. The van der Waals surface area contributed by atoms with Crippen molar-refractivity contribution in [2.24, 2.45) is 11.8 Å². The van der Waals surface area contributed by atoms with Gasteiger partial charge in [0.2, 0.25) is 0 Å². The Bertz CT molecular complexity index is 1250. The van der Waals surface area contributed by atoms with Gasteiger partial charge in [-0.25, -0.2) is 0 Å². The molecule has 4 heterocycles. The van der Waals surface area contributed by atoms with E-state index in [1.165, 1.54) is 70.6 Å². The standard InChI is InChI=1S/C30H38N6S2/c1-2-8-24(22-34-15-19-36(20-16-34)30-26-10-4-6-12-28(26)38-32-30)23(7-1)21-33-13-17-35(18-14-33)29-25-9-3-5-11-27(25)37-31-29/h3-6,9-12,23-24H,1-2,7-8,13-22H2. The highest BCUT2D eigenvalue weighted by Crippen LogP contribution is 2.34. The third kappa shape index (κ3) is 5.04. The van der Waals surface area contributed by atoms with Gasteiger partial charge in [-0.2, -0.15) is 8.75 Å². The molecule has 0 spiro atoms. The van der Waals surface area contributed by atoms with Crippen LogP contribution in [0.2, 0.25) is 0 Å². The first kappa shape index (κ1) is 24.8. The predicted octanol–water partition coefficient (Wildman–Crippen LogP) is 5.66. The molecule has 38 heavy (non-hydrogen) atoms. The van der Waals surface area contributed by atoms with Gasteiger partial charge in [-0.3, -0.25) is 9.80 Å². The molecule has 8 heteroatoms. The summed E-state index contributed by atoms with van der Waals surface area (Å²) in [5.74, 6) is 4.09. The minimum absolute atomic E-state index is 0.843. The Labute approximate surface area is 234 Å². The summed E-state index contributed by atoms with van der Waals surface area (Å²) in [5, 5.41) is 2.64. The lowest BCUT2D eigenvalue weighted by Gasteiger charge is -2.42. The summed E-state index contributed by atoms with van der Waals surface area (Å²) < 4.78 is 12.2. The highest BCUT2D eigenvalue weighted by Gasteiger charge is 2.31. The maximum absolute atomic E-state index is 4.81. The van der Waals surface area contributed by atoms with Crippen LogP contribution in [-0.4, -0.2) is 84.0 Å². The van der Waals surface area contributed by atoms with Crippen LogP contribution in [0.1, 0.15) is 25.7 Å². The molecule has 6 nitrogen and oxygen atoms in total. The zero-order chi connectivity index (χ0) is 25.3. The van der Waals surface area contributed by atoms with Crippen LogP contribution in [0.3, 0.4) is 0 Å². The van der Waals surface area contributed by atoms with Gasteiger partial charge in [-0.1, -0.05) is 37.1 Å². The van der Waals surface area contributed by atoms with Crippen LogP contribution in [0.15, 0.2) is 48.5 Å². The summed E-state index contributed by atoms with van der Waals surface area (Å²) in [5.41, 5.74) is 0. The lowest BCUT2D eigenvalue weighted by Crippen LogP contribution is -2.51. The number of anilines is 2. The van der Waals surface area contributed by atoms with E-state index < -0.39 is 0 Å². The lowest BCUT2D eigenvalue weighted by molar-refractivity contribution is 0.107. The molecule has 0 bridgehead atoms. The molecule has 3 aliphatic rings. The Kier molecular flexibility index (Phi) is 7.22. The number of hydrogen-bond donors (Lipinski definition) is 0. The van der Waals surface area contributed by atoms with Gasteiger partial charge >= 0.3 is 0 Å². The number of fused-ring (bicyclic) bond motifs is 2. The van der Waals surface area contributed by atoms with Gasteiger partial charge in [-0.05, 0) is 72.0 Å². The second kappa shape index (κ2) is 11.1. The van der Waals surface area contributed by atoms with E-state index in [1.54, 1.807) is 23.1 Å². The van der Waals surface area contributed by atoms with E-state index in [-0.39, 0.29) is 0 Å². The topological polar surface area (TPSA) is 38.7 Å². The van der Waals surface area contributed by atoms with E-state index in [9.17, 15) is 0 Å². The molecule has 2 aromatic carbocycles. The van der Waals surface area contributed by atoms with Crippen LogP contribution in [-0.2, 0) is 0 Å². The van der Waals surface area contributed by atoms with E-state index in [0.717, 1.165) is 64.2 Å². The van der Waals surface area contributed by atoms with Gasteiger partial charge in [0.05, 0.1) is 9.40 Å². The van der Waals surface area contributed by atoms with Gasteiger partial charge in [0.1, 0.15) is 11.6 Å². The van der Waals surface area contributed by atoms with Gasteiger partial charge in [0, 0.05) is 76.2 Å². The van der Waals surface area contributed by atoms with Crippen molar-refractivity contribution in [1.82, 2.24) is 18.5 Å². The molecule has 0 amide bonds. The predicted molar refractivity (Wildman–Crippen MR) is 162 cm³/mol. The number of nitrogens with zero attached hydrogens (tertiary/aromatic N) is 6. The number of piperazine rings is 2. The second-order valence-corrected chi connectivity index (χ2v) is 13.0. The fraction of sp³-hybridized carbons (Fsp3) is 0.533. The van der Waals surface area contributed by atoms with Gasteiger partial charge in [0.25, 0.3) is 0 Å². The van der Waals surface area contributed by atoms with Crippen molar-refractivity contribution in [3.8, 4) is 0 Å². The van der Waals surface area contributed by atoms with Crippen molar-refractivity contribution in [1.29, 1.82) is 0 Å². The fourth-order valence-corrected chi connectivity index (χ4v) is 8.51. The molecule has 1 aliphatic carbocycles. The van der Waals surface area contributed by atoms with Crippen molar-refractivity contribution in [3.05, 3.63) is 48.5 Å². The SMILES string of the molecule is c1ccc2c(N3CCN(CC4CCCCC4CN4CCN(c5nsc6ccccc56)CC4)CC3)nsc2c1. The highest BCUT2D eigenvalue weighted by molar-refractivity contribution is 7.14. The van der Waals surface area contributed by atoms with E-state index >= 15 is 0 Å². The van der Waals surface area contributed by atoms with Crippen LogP contribution < -0.4 is 9.80 Å². The summed E-state index contributed by atoms with van der Waals surface area (Å²) in [6.45, 7) is 11.6. The van der Waals surface area contributed by atoms with Gasteiger partial charge in [-0.15, -0.1) is 0 Å². The summed E-state index contributed by atoms with van der Waals surface area (Å²) in [7, 11) is 0. The maximum Gasteiger partial charge on any atom is 0.150 e. The fourth-order valence-electron chi connectivity index (χ4n) is 6.91. The Hall–Kier alpha value is -2.26. The summed E-state index contributed by atoms with van der Waals surface area (Å²) in [6.07, 6.45) is 5.64. The Morgan fingerprint density at radius 1 is 0.579 bits per heavy atom. The zero-order valence-electron chi connectivity index (χ0n) is 22.2. The van der Waals surface area contributed by atoms with Crippen molar-refractivity contribution < 1.29 is 0 Å². The highest BCUT2D eigenvalue weighted by atomic mass is 32.1. The molecule has 0 radical (unpaired) electrons. The Balaban J connectivity index is 0.923. The Morgan fingerprint density at radius 2 is 1.00 bits per heavy atom. The number of benzene rings is 2. The molecular formula is C30H38N6S2. The molecule has 2 aromatic heterocycles. The molecule has 0 N–H and O–H groups in total. The average Bonchev–Trinajstić information content (AvgIpc) is 3.60. The molecule has 2 unspecified atom stereocenters. The quantitative estimate of drug-likeness (QED) is 0.311. The Morgan fingerprint density at radius 3 is 1.45 bits per heavy atom. The molecule has 2 saturated heterocycles. The molecule has 7 rings (SSSR count). The summed E-state index contributed by atoms with van der Waals surface area (Å²) in [6, 6.07) is 17.4. The zero-order valence-corrected chi connectivity index (χ0v) is 23.8. The summed E-state index contributed by atoms with van der Waals surface area (Å²) in [4.78, 5) is 10.5. The second-order valence-electron chi connectivity index (χ2n) is 11.4. The average molecular weight is 547 g/mol.